The lowest BCUT2D eigenvalue weighted by Crippen LogP contribution is -2.36. The second-order valence-corrected chi connectivity index (χ2v) is 6.94. The van der Waals surface area contributed by atoms with Gasteiger partial charge in [-0.25, -0.2) is 0 Å². The first kappa shape index (κ1) is 19.0. The molecule has 0 aliphatic rings. The number of methoxy groups -OCH3 is 2. The Bertz CT molecular complexity index is 788. The highest BCUT2D eigenvalue weighted by molar-refractivity contribution is 5.53. The molecule has 0 aliphatic heterocycles. The molecular formula is C25H28O2. The molecule has 0 amide bonds. The van der Waals surface area contributed by atoms with E-state index in [4.69, 9.17) is 9.47 Å². The van der Waals surface area contributed by atoms with Crippen molar-refractivity contribution in [3.05, 3.63) is 95.6 Å². The molecule has 0 saturated carbocycles. The Labute approximate surface area is 162 Å². The van der Waals surface area contributed by atoms with Crippen LogP contribution in [0.5, 0.6) is 11.5 Å². The summed E-state index contributed by atoms with van der Waals surface area (Å²) in [6, 6.07) is 27.8. The van der Waals surface area contributed by atoms with Crippen LogP contribution in [0.1, 0.15) is 37.0 Å². The summed E-state index contributed by atoms with van der Waals surface area (Å²) in [5, 5.41) is 0. The van der Waals surface area contributed by atoms with Crippen molar-refractivity contribution in [3.8, 4) is 11.5 Å². The number of hydrogen-bond acceptors (Lipinski definition) is 2. The topological polar surface area (TPSA) is 18.5 Å². The van der Waals surface area contributed by atoms with Gasteiger partial charge in [0.2, 0.25) is 0 Å². The molecule has 2 nitrogen and oxygen atoms in total. The first-order valence-electron chi connectivity index (χ1n) is 9.51. The van der Waals surface area contributed by atoms with E-state index in [-0.39, 0.29) is 5.41 Å². The SMILES string of the molecule is CCC(C)C(c1ccccc1)(c1ccc(OC)cc1)c1ccc(OC)cc1. The minimum atomic E-state index is -0.242. The van der Waals surface area contributed by atoms with Crippen LogP contribution in [-0.2, 0) is 5.41 Å². The molecule has 1 unspecified atom stereocenters. The molecule has 0 fully saturated rings. The summed E-state index contributed by atoms with van der Waals surface area (Å²) in [5.74, 6) is 2.15. The van der Waals surface area contributed by atoms with Crippen LogP contribution in [0.4, 0.5) is 0 Å². The second kappa shape index (κ2) is 8.30. The van der Waals surface area contributed by atoms with Crippen LogP contribution in [-0.4, -0.2) is 14.2 Å². The average Bonchev–Trinajstić information content (AvgIpc) is 2.75. The Morgan fingerprint density at radius 3 is 1.44 bits per heavy atom. The van der Waals surface area contributed by atoms with Crippen LogP contribution >= 0.6 is 0 Å². The first-order chi connectivity index (χ1) is 13.2. The average molecular weight is 360 g/mol. The van der Waals surface area contributed by atoms with E-state index in [1.54, 1.807) is 14.2 Å². The van der Waals surface area contributed by atoms with Gasteiger partial charge in [-0.15, -0.1) is 0 Å². The highest BCUT2D eigenvalue weighted by Gasteiger charge is 2.40. The van der Waals surface area contributed by atoms with Crippen molar-refractivity contribution in [1.29, 1.82) is 0 Å². The molecule has 2 heteroatoms. The molecule has 3 aromatic carbocycles. The smallest absolute Gasteiger partial charge is 0.118 e. The largest absolute Gasteiger partial charge is 0.497 e. The molecule has 27 heavy (non-hydrogen) atoms. The zero-order valence-corrected chi connectivity index (χ0v) is 16.6. The van der Waals surface area contributed by atoms with Gasteiger partial charge >= 0.3 is 0 Å². The Balaban J connectivity index is 2.30. The summed E-state index contributed by atoms with van der Waals surface area (Å²) in [4.78, 5) is 0. The summed E-state index contributed by atoms with van der Waals surface area (Å²) in [6.07, 6.45) is 1.06. The molecule has 1 atom stereocenters. The molecule has 0 heterocycles. The molecule has 0 saturated heterocycles. The minimum absolute atomic E-state index is 0.242. The van der Waals surface area contributed by atoms with E-state index in [1.165, 1.54) is 16.7 Å². The fourth-order valence-corrected chi connectivity index (χ4v) is 4.07. The third-order valence-corrected chi connectivity index (χ3v) is 5.67. The lowest BCUT2D eigenvalue weighted by Gasteiger charge is -2.41. The van der Waals surface area contributed by atoms with Gasteiger partial charge in [0.1, 0.15) is 11.5 Å². The van der Waals surface area contributed by atoms with E-state index in [0.29, 0.717) is 5.92 Å². The maximum atomic E-state index is 5.39. The Hall–Kier alpha value is -2.74. The van der Waals surface area contributed by atoms with E-state index in [2.05, 4.69) is 92.7 Å². The zero-order chi connectivity index (χ0) is 19.3. The lowest BCUT2D eigenvalue weighted by molar-refractivity contribution is 0.387. The minimum Gasteiger partial charge on any atom is -0.497 e. The molecule has 0 aromatic heterocycles. The third kappa shape index (κ3) is 3.44. The lowest BCUT2D eigenvalue weighted by atomic mass is 9.61. The molecule has 0 N–H and O–H groups in total. The van der Waals surface area contributed by atoms with Gasteiger partial charge in [0.05, 0.1) is 14.2 Å². The second-order valence-electron chi connectivity index (χ2n) is 6.94. The highest BCUT2D eigenvalue weighted by atomic mass is 16.5. The monoisotopic (exact) mass is 360 g/mol. The molecule has 3 aromatic rings. The van der Waals surface area contributed by atoms with Crippen molar-refractivity contribution in [2.45, 2.75) is 25.7 Å². The Kier molecular flexibility index (Phi) is 5.85. The quantitative estimate of drug-likeness (QED) is 0.475. The van der Waals surface area contributed by atoms with Crippen LogP contribution in [0.3, 0.4) is 0 Å². The molecule has 140 valence electrons. The summed E-state index contributed by atoms with van der Waals surface area (Å²) in [7, 11) is 3.41. The van der Waals surface area contributed by atoms with Crippen molar-refractivity contribution in [2.24, 2.45) is 5.92 Å². The summed E-state index contributed by atoms with van der Waals surface area (Å²) in [6.45, 7) is 4.59. The standard InChI is InChI=1S/C25H28O2/c1-5-19(2)25(20-9-7-6-8-10-20,21-11-15-23(26-3)16-12-21)22-13-17-24(27-4)18-14-22/h6-19H,5H2,1-4H3. The van der Waals surface area contributed by atoms with Crippen molar-refractivity contribution >= 4 is 0 Å². The summed E-state index contributed by atoms with van der Waals surface area (Å²) in [5.41, 5.74) is 3.60. The van der Waals surface area contributed by atoms with Gasteiger partial charge in [0.15, 0.2) is 0 Å². The Morgan fingerprint density at radius 2 is 1.07 bits per heavy atom. The predicted octanol–water partition coefficient (Wildman–Crippen LogP) is 6.08. The molecule has 0 radical (unpaired) electrons. The van der Waals surface area contributed by atoms with Crippen LogP contribution in [0.2, 0.25) is 0 Å². The van der Waals surface area contributed by atoms with E-state index < -0.39 is 0 Å². The van der Waals surface area contributed by atoms with E-state index in [9.17, 15) is 0 Å². The van der Waals surface area contributed by atoms with Gasteiger partial charge in [-0.05, 0) is 46.9 Å². The van der Waals surface area contributed by atoms with Gasteiger partial charge in [0.25, 0.3) is 0 Å². The van der Waals surface area contributed by atoms with E-state index >= 15 is 0 Å². The van der Waals surface area contributed by atoms with Crippen LogP contribution in [0, 0.1) is 5.92 Å². The fraction of sp³-hybridized carbons (Fsp3) is 0.280. The van der Waals surface area contributed by atoms with Crippen molar-refractivity contribution in [1.82, 2.24) is 0 Å². The maximum absolute atomic E-state index is 5.39. The van der Waals surface area contributed by atoms with Gasteiger partial charge < -0.3 is 9.47 Å². The predicted molar refractivity (Wildman–Crippen MR) is 112 cm³/mol. The van der Waals surface area contributed by atoms with Gasteiger partial charge in [-0.1, -0.05) is 74.9 Å². The van der Waals surface area contributed by atoms with Gasteiger partial charge in [0, 0.05) is 5.41 Å². The highest BCUT2D eigenvalue weighted by Crippen LogP contribution is 2.47. The van der Waals surface area contributed by atoms with E-state index in [1.807, 2.05) is 0 Å². The van der Waals surface area contributed by atoms with Gasteiger partial charge in [-0.2, -0.15) is 0 Å². The maximum Gasteiger partial charge on any atom is 0.118 e. The van der Waals surface area contributed by atoms with Crippen molar-refractivity contribution in [3.63, 3.8) is 0 Å². The van der Waals surface area contributed by atoms with Crippen molar-refractivity contribution in [2.75, 3.05) is 14.2 Å². The van der Waals surface area contributed by atoms with E-state index in [0.717, 1.165) is 17.9 Å². The van der Waals surface area contributed by atoms with Crippen LogP contribution in [0.25, 0.3) is 0 Å². The van der Waals surface area contributed by atoms with Crippen LogP contribution < -0.4 is 9.47 Å². The number of hydrogen-bond donors (Lipinski definition) is 0. The number of ether oxygens (including phenoxy) is 2. The Morgan fingerprint density at radius 1 is 0.667 bits per heavy atom. The molecule has 0 aliphatic carbocycles. The molecular weight excluding hydrogens is 332 g/mol. The first-order valence-corrected chi connectivity index (χ1v) is 9.51. The normalized spacial score (nSPS) is 12.4. The fourth-order valence-electron chi connectivity index (χ4n) is 4.07. The molecule has 3 rings (SSSR count). The number of rotatable bonds is 7. The van der Waals surface area contributed by atoms with Crippen LogP contribution in [0.15, 0.2) is 78.9 Å². The third-order valence-electron chi connectivity index (χ3n) is 5.67. The summed E-state index contributed by atoms with van der Waals surface area (Å²) < 4.78 is 10.8. The van der Waals surface area contributed by atoms with Crippen molar-refractivity contribution < 1.29 is 9.47 Å². The summed E-state index contributed by atoms with van der Waals surface area (Å²) >= 11 is 0. The zero-order valence-electron chi connectivity index (χ0n) is 16.6. The molecule has 0 spiro atoms. The van der Waals surface area contributed by atoms with Gasteiger partial charge in [-0.3, -0.25) is 0 Å². The number of benzene rings is 3. The molecule has 0 bridgehead atoms.